The van der Waals surface area contributed by atoms with Gasteiger partial charge < -0.3 is 0 Å². The molecular weight excluding hydrogens is 338 g/mol. The van der Waals surface area contributed by atoms with E-state index in [1.54, 1.807) is 6.20 Å². The van der Waals surface area contributed by atoms with E-state index < -0.39 is 0 Å². The maximum atomic E-state index is 4.70. The highest BCUT2D eigenvalue weighted by molar-refractivity contribution is 5.82. The average Bonchev–Trinajstić information content (AvgIpc) is 2.69. The van der Waals surface area contributed by atoms with Crippen molar-refractivity contribution in [3.8, 4) is 0 Å². The zero-order valence-electron chi connectivity index (χ0n) is 16.8. The summed E-state index contributed by atoms with van der Waals surface area (Å²) < 4.78 is 0. The highest BCUT2D eigenvalue weighted by atomic mass is 14.7. The van der Waals surface area contributed by atoms with Crippen molar-refractivity contribution < 1.29 is 0 Å². The molecule has 1 nitrogen and oxygen atoms in total. The molecule has 0 unspecified atom stereocenters. The molecule has 0 N–H and O–H groups in total. The molecule has 1 heterocycles. The van der Waals surface area contributed by atoms with Crippen molar-refractivity contribution in [3.63, 3.8) is 0 Å². The first kappa shape index (κ1) is 20.9. The van der Waals surface area contributed by atoms with Crippen LogP contribution in [-0.2, 0) is 0 Å². The van der Waals surface area contributed by atoms with Crippen molar-refractivity contribution in [1.29, 1.82) is 0 Å². The van der Waals surface area contributed by atoms with Crippen molar-refractivity contribution in [2.75, 3.05) is 0 Å². The molecule has 0 aliphatic rings. The summed E-state index contributed by atoms with van der Waals surface area (Å²) in [6.07, 6.45) is 11.5. The first-order chi connectivity index (χ1) is 13.4. The molecule has 0 saturated heterocycles. The molecule has 140 valence electrons. The third-order valence-electron chi connectivity index (χ3n) is 4.29. The molecule has 28 heavy (non-hydrogen) atoms. The minimum atomic E-state index is 0.801. The predicted molar refractivity (Wildman–Crippen MR) is 126 cm³/mol. The summed E-state index contributed by atoms with van der Waals surface area (Å²) in [6.45, 7) is 20.1. The van der Waals surface area contributed by atoms with E-state index in [-0.39, 0.29) is 0 Å². The molecule has 1 aromatic heterocycles. The van der Waals surface area contributed by atoms with Gasteiger partial charge in [-0.1, -0.05) is 86.0 Å². The fourth-order valence-corrected chi connectivity index (χ4v) is 2.62. The van der Waals surface area contributed by atoms with Crippen molar-refractivity contribution in [1.82, 2.24) is 4.98 Å². The molecule has 0 aliphatic carbocycles. The molecule has 1 aromatic carbocycles. The normalized spacial score (nSPS) is 12.4. The number of hydrogen-bond donors (Lipinski definition) is 0. The van der Waals surface area contributed by atoms with Gasteiger partial charge in [-0.05, 0) is 59.3 Å². The van der Waals surface area contributed by atoms with Crippen molar-refractivity contribution in [2.24, 2.45) is 0 Å². The Morgan fingerprint density at radius 3 is 2.14 bits per heavy atom. The Balaban J connectivity index is 2.92. The molecule has 0 amide bonds. The van der Waals surface area contributed by atoms with Crippen LogP contribution >= 0.6 is 0 Å². The minimum Gasteiger partial charge on any atom is -0.256 e. The lowest BCUT2D eigenvalue weighted by molar-refractivity contribution is 1.27. The first-order valence-electron chi connectivity index (χ1n) is 9.17. The first-order valence-corrected chi connectivity index (χ1v) is 9.17. The van der Waals surface area contributed by atoms with Gasteiger partial charge in [0.1, 0.15) is 0 Å². The summed E-state index contributed by atoms with van der Waals surface area (Å²) in [5.41, 5.74) is 3.87. The van der Waals surface area contributed by atoms with Gasteiger partial charge in [0.2, 0.25) is 0 Å². The van der Waals surface area contributed by atoms with E-state index in [4.69, 9.17) is 4.98 Å². The third-order valence-corrected chi connectivity index (χ3v) is 4.29. The van der Waals surface area contributed by atoms with Crippen LogP contribution in [0.4, 0.5) is 0 Å². The quantitative estimate of drug-likeness (QED) is 0.608. The molecule has 1 heteroatoms. The highest BCUT2D eigenvalue weighted by Gasteiger charge is 2.01. The number of aromatic nitrogens is 1. The van der Waals surface area contributed by atoms with E-state index in [0.717, 1.165) is 43.6 Å². The summed E-state index contributed by atoms with van der Waals surface area (Å²) in [5, 5.41) is 3.91. The SMILES string of the molecule is C=C/C(C)=C/C=C(\C=C(/C)C=C)c1nccc(=C)cc2ccccc2cc1=C. The minimum absolute atomic E-state index is 0.801. The molecule has 0 bridgehead atoms. The van der Waals surface area contributed by atoms with Gasteiger partial charge in [-0.15, -0.1) is 0 Å². The molecule has 2 aromatic rings. The van der Waals surface area contributed by atoms with E-state index >= 15 is 0 Å². The maximum absolute atomic E-state index is 4.70. The second kappa shape index (κ2) is 10.0. The fraction of sp³-hybridized carbons (Fsp3) is 0.0741. The molecule has 0 saturated carbocycles. The van der Waals surface area contributed by atoms with Crippen LogP contribution in [0.25, 0.3) is 29.5 Å². The lowest BCUT2D eigenvalue weighted by Gasteiger charge is -2.03. The largest absolute Gasteiger partial charge is 0.256 e. The van der Waals surface area contributed by atoms with E-state index in [1.807, 2.05) is 62.4 Å². The van der Waals surface area contributed by atoms with Crippen LogP contribution < -0.4 is 10.4 Å². The number of rotatable bonds is 5. The van der Waals surface area contributed by atoms with Crippen LogP contribution in [0.2, 0.25) is 0 Å². The molecule has 2 rings (SSSR count). The zero-order chi connectivity index (χ0) is 20.5. The summed E-state index contributed by atoms with van der Waals surface area (Å²) in [6, 6.07) is 14.2. The van der Waals surface area contributed by atoms with Gasteiger partial charge in [0, 0.05) is 11.8 Å². The van der Waals surface area contributed by atoms with Gasteiger partial charge in [-0.2, -0.15) is 0 Å². The molecule has 0 spiro atoms. The zero-order valence-corrected chi connectivity index (χ0v) is 16.8. The number of hydrogen-bond acceptors (Lipinski definition) is 1. The van der Waals surface area contributed by atoms with Crippen LogP contribution in [0, 0.1) is 0 Å². The molecule has 0 aliphatic heterocycles. The Morgan fingerprint density at radius 1 is 0.857 bits per heavy atom. The van der Waals surface area contributed by atoms with Gasteiger partial charge in [0.25, 0.3) is 0 Å². The average molecular weight is 366 g/mol. The summed E-state index contributed by atoms with van der Waals surface area (Å²) in [7, 11) is 0. The predicted octanol–water partition coefficient (Wildman–Crippen LogP) is 5.83. The highest BCUT2D eigenvalue weighted by Crippen LogP contribution is 2.14. The van der Waals surface area contributed by atoms with E-state index in [1.165, 1.54) is 0 Å². The summed E-state index contributed by atoms with van der Waals surface area (Å²) >= 11 is 0. The van der Waals surface area contributed by atoms with Gasteiger partial charge in [-0.3, -0.25) is 4.98 Å². The molecule has 0 radical (unpaired) electrons. The van der Waals surface area contributed by atoms with Crippen LogP contribution in [0.5, 0.6) is 0 Å². The Hall–Kier alpha value is -3.45. The fourth-order valence-electron chi connectivity index (χ4n) is 2.62. The monoisotopic (exact) mass is 365 g/mol. The van der Waals surface area contributed by atoms with Gasteiger partial charge >= 0.3 is 0 Å². The van der Waals surface area contributed by atoms with E-state index in [2.05, 4.69) is 50.6 Å². The lowest BCUT2D eigenvalue weighted by Crippen LogP contribution is -2.06. The van der Waals surface area contributed by atoms with Crippen molar-refractivity contribution in [2.45, 2.75) is 13.8 Å². The second-order valence-corrected chi connectivity index (χ2v) is 6.64. The number of allylic oxidation sites excluding steroid dienone is 8. The summed E-state index contributed by atoms with van der Waals surface area (Å²) in [5.74, 6) is 0. The Morgan fingerprint density at radius 2 is 1.50 bits per heavy atom. The van der Waals surface area contributed by atoms with Crippen LogP contribution in [0.15, 0.2) is 103 Å². The molecule has 0 fully saturated rings. The number of fused-ring (bicyclic) bond motifs is 1. The summed E-state index contributed by atoms with van der Waals surface area (Å²) in [4.78, 5) is 4.70. The molecule has 0 atom stereocenters. The Labute approximate surface area is 168 Å². The second-order valence-electron chi connectivity index (χ2n) is 6.64. The van der Waals surface area contributed by atoms with Gasteiger partial charge in [0.05, 0.1) is 5.69 Å². The number of benzene rings is 1. The Bertz CT molecular complexity index is 1140. The van der Waals surface area contributed by atoms with Gasteiger partial charge in [0.15, 0.2) is 0 Å². The Kier molecular flexibility index (Phi) is 7.47. The smallest absolute Gasteiger partial charge is 0.0768 e. The third kappa shape index (κ3) is 5.78. The number of nitrogens with zero attached hydrogens (tertiary/aromatic N) is 1. The standard InChI is InChI=1S/C27H27N/c1-7-20(3)13-14-26(17-21(4)8-2)27-23(6)19-25-12-10-9-11-24(25)18-22(5)15-16-28-27/h7-19H,1-2,5-6H2,3-4H3/b16-15?,20-13+,21-17+,24-18?,25-19?,26-14+,28-27?. The topological polar surface area (TPSA) is 12.9 Å². The lowest BCUT2D eigenvalue weighted by atomic mass is 10.0. The van der Waals surface area contributed by atoms with Gasteiger partial charge in [-0.25, -0.2) is 0 Å². The maximum Gasteiger partial charge on any atom is 0.0768 e. The van der Waals surface area contributed by atoms with Crippen molar-refractivity contribution in [3.05, 3.63) is 119 Å². The van der Waals surface area contributed by atoms with Crippen molar-refractivity contribution >= 4 is 29.5 Å². The van der Waals surface area contributed by atoms with Crippen LogP contribution in [-0.4, -0.2) is 4.98 Å². The van der Waals surface area contributed by atoms with E-state index in [9.17, 15) is 0 Å². The molecular formula is C27H27N. The van der Waals surface area contributed by atoms with E-state index in [0.29, 0.717) is 0 Å². The van der Waals surface area contributed by atoms with Crippen LogP contribution in [0.1, 0.15) is 19.5 Å². The van der Waals surface area contributed by atoms with Crippen LogP contribution in [0.3, 0.4) is 0 Å².